The van der Waals surface area contributed by atoms with E-state index in [-0.39, 0.29) is 10.4 Å². The highest BCUT2D eigenvalue weighted by Crippen LogP contribution is 2.28. The quantitative estimate of drug-likeness (QED) is 0.822. The number of aryl methyl sites for hydroxylation is 1. The number of hydrogen-bond acceptors (Lipinski definition) is 3. The molecule has 0 saturated carbocycles. The van der Waals surface area contributed by atoms with Crippen LogP contribution in [0, 0.1) is 6.92 Å². The van der Waals surface area contributed by atoms with Crippen LogP contribution in [0.5, 0.6) is 5.88 Å². The molecule has 0 radical (unpaired) electrons. The van der Waals surface area contributed by atoms with Gasteiger partial charge in [0.05, 0.1) is 0 Å². The van der Waals surface area contributed by atoms with Gasteiger partial charge in [0.25, 0.3) is 5.56 Å². The Morgan fingerprint density at radius 1 is 1.35 bits per heavy atom. The molecule has 17 heavy (non-hydrogen) atoms. The first kappa shape index (κ1) is 12.3. The monoisotopic (exact) mass is 358 g/mol. The van der Waals surface area contributed by atoms with E-state index in [1.165, 1.54) is 0 Å². The van der Waals surface area contributed by atoms with Crippen LogP contribution in [0.2, 0.25) is 0 Å². The van der Waals surface area contributed by atoms with Gasteiger partial charge in [0.15, 0.2) is 0 Å². The van der Waals surface area contributed by atoms with Gasteiger partial charge in [0.1, 0.15) is 10.3 Å². The number of halogens is 2. The van der Waals surface area contributed by atoms with Gasteiger partial charge >= 0.3 is 0 Å². The molecular weight excluding hydrogens is 352 g/mol. The van der Waals surface area contributed by atoms with Crippen LogP contribution < -0.4 is 5.56 Å². The molecule has 0 unspecified atom stereocenters. The fraction of sp³-hybridized carbons (Fsp3) is 0.0909. The third kappa shape index (κ3) is 2.42. The summed E-state index contributed by atoms with van der Waals surface area (Å²) < 4.78 is 0.840. The van der Waals surface area contributed by atoms with E-state index in [4.69, 9.17) is 0 Å². The zero-order valence-electron chi connectivity index (χ0n) is 8.79. The first-order valence-corrected chi connectivity index (χ1v) is 6.33. The van der Waals surface area contributed by atoms with Gasteiger partial charge < -0.3 is 10.1 Å². The standard InChI is InChI=1S/C11H8Br2N2O2/c1-5-2-3-6(7(12)4-5)9-14-10(16)8(13)11(17)15-9/h2-4H,1H3,(H2,14,15,16,17). The van der Waals surface area contributed by atoms with Gasteiger partial charge in [-0.25, -0.2) is 0 Å². The molecule has 0 aliphatic rings. The first-order valence-electron chi connectivity index (χ1n) is 4.74. The third-order valence-corrected chi connectivity index (χ3v) is 3.60. The SMILES string of the molecule is Cc1ccc(-c2nc(O)c(Br)c(=O)[nH]2)c(Br)c1. The molecule has 0 amide bonds. The molecule has 2 N–H and O–H groups in total. The fourth-order valence-corrected chi connectivity index (χ4v) is 2.26. The van der Waals surface area contributed by atoms with Gasteiger partial charge in [-0.1, -0.05) is 22.0 Å². The van der Waals surface area contributed by atoms with Crippen molar-refractivity contribution in [2.45, 2.75) is 6.92 Å². The second-order valence-corrected chi connectivity index (χ2v) is 5.18. The molecule has 0 atom stereocenters. The number of aromatic hydroxyl groups is 1. The van der Waals surface area contributed by atoms with Crippen molar-refractivity contribution in [2.24, 2.45) is 0 Å². The van der Waals surface area contributed by atoms with Crippen molar-refractivity contribution in [3.63, 3.8) is 0 Å². The Morgan fingerprint density at radius 3 is 2.65 bits per heavy atom. The smallest absolute Gasteiger partial charge is 0.269 e. The summed E-state index contributed by atoms with van der Waals surface area (Å²) >= 11 is 6.34. The van der Waals surface area contributed by atoms with E-state index in [0.29, 0.717) is 5.82 Å². The predicted molar refractivity (Wildman–Crippen MR) is 72.1 cm³/mol. The van der Waals surface area contributed by atoms with E-state index in [2.05, 4.69) is 41.8 Å². The Bertz CT molecular complexity index is 638. The van der Waals surface area contributed by atoms with Crippen LogP contribution in [0.3, 0.4) is 0 Å². The maximum atomic E-state index is 11.5. The molecule has 4 nitrogen and oxygen atoms in total. The fourth-order valence-electron chi connectivity index (χ4n) is 1.39. The molecule has 1 aromatic heterocycles. The van der Waals surface area contributed by atoms with Gasteiger partial charge in [-0.15, -0.1) is 0 Å². The highest BCUT2D eigenvalue weighted by molar-refractivity contribution is 9.11. The van der Waals surface area contributed by atoms with Crippen LogP contribution in [0.1, 0.15) is 5.56 Å². The first-order chi connectivity index (χ1) is 7.99. The van der Waals surface area contributed by atoms with Gasteiger partial charge in [0.2, 0.25) is 5.88 Å². The molecule has 0 bridgehead atoms. The van der Waals surface area contributed by atoms with Crippen molar-refractivity contribution in [2.75, 3.05) is 0 Å². The number of nitrogens with zero attached hydrogens (tertiary/aromatic N) is 1. The molecule has 2 rings (SSSR count). The predicted octanol–water partition coefficient (Wildman–Crippen LogP) is 2.98. The van der Waals surface area contributed by atoms with Crippen LogP contribution in [0.15, 0.2) is 31.9 Å². The highest BCUT2D eigenvalue weighted by Gasteiger charge is 2.11. The largest absolute Gasteiger partial charge is 0.492 e. The molecule has 0 spiro atoms. The summed E-state index contributed by atoms with van der Waals surface area (Å²) in [6, 6.07) is 5.64. The second kappa shape index (κ2) is 4.62. The average Bonchev–Trinajstić information content (AvgIpc) is 2.25. The Balaban J connectivity index is 2.65. The van der Waals surface area contributed by atoms with Crippen molar-refractivity contribution < 1.29 is 5.11 Å². The van der Waals surface area contributed by atoms with Gasteiger partial charge in [0, 0.05) is 10.0 Å². The molecule has 88 valence electrons. The summed E-state index contributed by atoms with van der Waals surface area (Å²) in [7, 11) is 0. The number of hydrogen-bond donors (Lipinski definition) is 2. The summed E-state index contributed by atoms with van der Waals surface area (Å²) in [5, 5.41) is 9.49. The molecule has 0 aliphatic heterocycles. The number of H-pyrrole nitrogens is 1. The molecule has 1 heterocycles. The van der Waals surface area contributed by atoms with Crippen molar-refractivity contribution in [1.29, 1.82) is 0 Å². The van der Waals surface area contributed by atoms with Crippen LogP contribution in [0.25, 0.3) is 11.4 Å². The summed E-state index contributed by atoms with van der Waals surface area (Å²) in [4.78, 5) is 18.0. The van der Waals surface area contributed by atoms with Crippen LogP contribution >= 0.6 is 31.9 Å². The highest BCUT2D eigenvalue weighted by atomic mass is 79.9. The normalized spacial score (nSPS) is 10.5. The van der Waals surface area contributed by atoms with Crippen LogP contribution in [-0.4, -0.2) is 15.1 Å². The van der Waals surface area contributed by atoms with E-state index >= 15 is 0 Å². The summed E-state index contributed by atoms with van der Waals surface area (Å²) in [5.41, 5.74) is 1.39. The van der Waals surface area contributed by atoms with E-state index in [1.54, 1.807) is 0 Å². The molecule has 0 fully saturated rings. The Kier molecular flexibility index (Phi) is 3.35. The molecule has 0 saturated heterocycles. The Labute approximate surface area is 114 Å². The van der Waals surface area contributed by atoms with E-state index in [9.17, 15) is 9.90 Å². The van der Waals surface area contributed by atoms with Crippen molar-refractivity contribution in [1.82, 2.24) is 9.97 Å². The summed E-state index contributed by atoms with van der Waals surface area (Å²) in [6.07, 6.45) is 0. The minimum Gasteiger partial charge on any atom is -0.492 e. The molecule has 0 aliphatic carbocycles. The lowest BCUT2D eigenvalue weighted by atomic mass is 10.1. The van der Waals surface area contributed by atoms with E-state index in [1.807, 2.05) is 25.1 Å². The lowest BCUT2D eigenvalue weighted by Gasteiger charge is -2.05. The van der Waals surface area contributed by atoms with Crippen LogP contribution in [-0.2, 0) is 0 Å². The number of rotatable bonds is 1. The van der Waals surface area contributed by atoms with Gasteiger partial charge in [-0.2, -0.15) is 4.98 Å². The second-order valence-electron chi connectivity index (χ2n) is 3.54. The van der Waals surface area contributed by atoms with Crippen molar-refractivity contribution >= 4 is 31.9 Å². The van der Waals surface area contributed by atoms with Gasteiger partial charge in [-0.05, 0) is 40.5 Å². The van der Waals surface area contributed by atoms with Gasteiger partial charge in [-0.3, -0.25) is 4.79 Å². The zero-order chi connectivity index (χ0) is 12.6. The van der Waals surface area contributed by atoms with Crippen molar-refractivity contribution in [3.8, 4) is 17.3 Å². The van der Waals surface area contributed by atoms with Crippen LogP contribution in [0.4, 0.5) is 0 Å². The maximum Gasteiger partial charge on any atom is 0.269 e. The number of aromatic nitrogens is 2. The number of nitrogens with one attached hydrogen (secondary N) is 1. The Morgan fingerprint density at radius 2 is 2.06 bits per heavy atom. The number of benzene rings is 1. The summed E-state index contributed by atoms with van der Waals surface area (Å²) in [5.74, 6) is -0.00111. The van der Waals surface area contributed by atoms with Crippen molar-refractivity contribution in [3.05, 3.63) is 43.1 Å². The third-order valence-electron chi connectivity index (χ3n) is 2.23. The topological polar surface area (TPSA) is 66.0 Å². The minimum absolute atomic E-state index is 0.0319. The molecule has 6 heteroatoms. The average molecular weight is 360 g/mol. The minimum atomic E-state index is -0.417. The molecule has 1 aromatic carbocycles. The molecular formula is C11H8Br2N2O2. The zero-order valence-corrected chi connectivity index (χ0v) is 12.0. The lowest BCUT2D eigenvalue weighted by molar-refractivity contribution is 0.448. The number of aromatic amines is 1. The van der Waals surface area contributed by atoms with E-state index in [0.717, 1.165) is 15.6 Å². The maximum absolute atomic E-state index is 11.5. The van der Waals surface area contributed by atoms with E-state index < -0.39 is 5.56 Å². The lowest BCUT2D eigenvalue weighted by Crippen LogP contribution is -2.09. The summed E-state index contributed by atoms with van der Waals surface area (Å²) in [6.45, 7) is 1.96. The Hall–Kier alpha value is -1.14. The molecule has 2 aromatic rings.